The first-order valence-electron chi connectivity index (χ1n) is 7.62. The van der Waals surface area contributed by atoms with Gasteiger partial charge in [0.1, 0.15) is 0 Å². The first kappa shape index (κ1) is 14.8. The summed E-state index contributed by atoms with van der Waals surface area (Å²) in [6.07, 6.45) is 4.97. The van der Waals surface area contributed by atoms with Gasteiger partial charge in [-0.05, 0) is 25.8 Å². The molecule has 2 rings (SSSR count). The van der Waals surface area contributed by atoms with Gasteiger partial charge in [-0.2, -0.15) is 0 Å². The fourth-order valence-electron chi connectivity index (χ4n) is 2.82. The van der Waals surface area contributed by atoms with E-state index in [0.717, 1.165) is 39.1 Å². The molecule has 0 saturated carbocycles. The fourth-order valence-corrected chi connectivity index (χ4v) is 2.82. The van der Waals surface area contributed by atoms with Crippen molar-refractivity contribution >= 4 is 5.91 Å². The highest BCUT2D eigenvalue weighted by Crippen LogP contribution is 2.22. The molecule has 2 aliphatic rings. The smallest absolute Gasteiger partial charge is 0.233 e. The number of morpholine rings is 1. The van der Waals surface area contributed by atoms with Crippen molar-refractivity contribution in [2.24, 2.45) is 0 Å². The van der Waals surface area contributed by atoms with Gasteiger partial charge in [-0.3, -0.25) is 9.69 Å². The van der Waals surface area contributed by atoms with Crippen LogP contribution in [0.4, 0.5) is 0 Å². The van der Waals surface area contributed by atoms with Gasteiger partial charge in [0.25, 0.3) is 0 Å². The van der Waals surface area contributed by atoms with E-state index in [9.17, 15) is 4.79 Å². The molecule has 2 unspecified atom stereocenters. The summed E-state index contributed by atoms with van der Waals surface area (Å²) in [5.74, 6) is 0.0864. The van der Waals surface area contributed by atoms with Gasteiger partial charge in [0.2, 0.25) is 5.91 Å². The van der Waals surface area contributed by atoms with E-state index in [1.54, 1.807) is 0 Å². The average Bonchev–Trinajstić information content (AvgIpc) is 2.86. The monoisotopic (exact) mass is 269 g/mol. The van der Waals surface area contributed by atoms with Gasteiger partial charge in [0.15, 0.2) is 0 Å². The second-order valence-electron chi connectivity index (χ2n) is 5.58. The van der Waals surface area contributed by atoms with Gasteiger partial charge in [-0.25, -0.2) is 0 Å². The van der Waals surface area contributed by atoms with Crippen LogP contribution in [0.2, 0.25) is 0 Å². The van der Waals surface area contributed by atoms with E-state index in [0.29, 0.717) is 12.6 Å². The van der Waals surface area contributed by atoms with Gasteiger partial charge >= 0.3 is 0 Å². The molecule has 0 bridgehead atoms. The van der Waals surface area contributed by atoms with Gasteiger partial charge in [0, 0.05) is 25.7 Å². The summed E-state index contributed by atoms with van der Waals surface area (Å²) < 4.78 is 5.84. The Balaban J connectivity index is 1.54. The molecule has 2 fully saturated rings. The Hall–Kier alpha value is -0.650. The number of nitrogens with one attached hydrogen (secondary N) is 2. The number of ether oxygens (including phenoxy) is 1. The second-order valence-corrected chi connectivity index (χ2v) is 5.58. The number of amides is 1. The molecule has 5 nitrogen and oxygen atoms in total. The van der Waals surface area contributed by atoms with Crippen molar-refractivity contribution in [3.05, 3.63) is 0 Å². The molecule has 2 aliphatic heterocycles. The fraction of sp³-hybridized carbons (Fsp3) is 0.929. The third kappa shape index (κ3) is 4.75. The molecule has 0 spiro atoms. The number of hydrogen-bond donors (Lipinski definition) is 2. The van der Waals surface area contributed by atoms with Gasteiger partial charge in [-0.15, -0.1) is 0 Å². The molecule has 0 radical (unpaired) electrons. The highest BCUT2D eigenvalue weighted by Gasteiger charge is 2.31. The van der Waals surface area contributed by atoms with E-state index < -0.39 is 0 Å². The van der Waals surface area contributed by atoms with E-state index in [-0.39, 0.29) is 12.0 Å². The first-order chi connectivity index (χ1) is 9.29. The van der Waals surface area contributed by atoms with Crippen LogP contribution in [-0.4, -0.2) is 62.3 Å². The zero-order valence-electron chi connectivity index (χ0n) is 12.0. The first-order valence-corrected chi connectivity index (χ1v) is 7.62. The number of fused-ring (bicyclic) bond motifs is 1. The minimum atomic E-state index is 0.0864. The van der Waals surface area contributed by atoms with E-state index in [1.807, 2.05) is 0 Å². The molecular weight excluding hydrogens is 242 g/mol. The molecule has 2 heterocycles. The van der Waals surface area contributed by atoms with E-state index in [4.69, 9.17) is 4.74 Å². The topological polar surface area (TPSA) is 53.6 Å². The zero-order valence-corrected chi connectivity index (χ0v) is 12.0. The van der Waals surface area contributed by atoms with E-state index in [2.05, 4.69) is 22.5 Å². The predicted octanol–water partition coefficient (Wildman–Crippen LogP) is 0.356. The van der Waals surface area contributed by atoms with Crippen LogP contribution in [0, 0.1) is 0 Å². The zero-order chi connectivity index (χ0) is 13.5. The third-order valence-electron chi connectivity index (χ3n) is 3.97. The number of carbonyl (C=O) groups is 1. The maximum atomic E-state index is 11.5. The third-order valence-corrected chi connectivity index (χ3v) is 3.97. The molecule has 2 N–H and O–H groups in total. The van der Waals surface area contributed by atoms with Crippen LogP contribution in [0.5, 0.6) is 0 Å². The van der Waals surface area contributed by atoms with Gasteiger partial charge in [-0.1, -0.05) is 13.3 Å². The standard InChI is InChI=1S/C14H27N3O2/c1-2-3-6-16-14(18)9-15-8-13-10-17-7-4-5-12(17)11-19-13/h12-13,15H,2-11H2,1H3,(H,16,18). The Kier molecular flexibility index (Phi) is 6.07. The molecular formula is C14H27N3O2. The van der Waals surface area contributed by atoms with E-state index in [1.165, 1.54) is 19.4 Å². The largest absolute Gasteiger partial charge is 0.374 e. The van der Waals surface area contributed by atoms with Crippen molar-refractivity contribution in [2.45, 2.75) is 44.8 Å². The van der Waals surface area contributed by atoms with Crippen LogP contribution in [0.15, 0.2) is 0 Å². The Morgan fingerprint density at radius 2 is 2.37 bits per heavy atom. The lowest BCUT2D eigenvalue weighted by atomic mass is 10.2. The number of unbranched alkanes of at least 4 members (excludes halogenated alkanes) is 1. The molecule has 0 aromatic heterocycles. The van der Waals surface area contributed by atoms with Gasteiger partial charge in [0.05, 0.1) is 19.3 Å². The van der Waals surface area contributed by atoms with Crippen molar-refractivity contribution in [3.63, 3.8) is 0 Å². The van der Waals surface area contributed by atoms with Crippen LogP contribution in [0.25, 0.3) is 0 Å². The van der Waals surface area contributed by atoms with Crippen LogP contribution >= 0.6 is 0 Å². The summed E-state index contributed by atoms with van der Waals surface area (Å²) >= 11 is 0. The van der Waals surface area contributed by atoms with Crippen LogP contribution in [0.3, 0.4) is 0 Å². The Morgan fingerprint density at radius 1 is 1.47 bits per heavy atom. The summed E-state index contributed by atoms with van der Waals surface area (Å²) in [5, 5.41) is 6.10. The van der Waals surface area contributed by atoms with Crippen LogP contribution in [0.1, 0.15) is 32.6 Å². The highest BCUT2D eigenvalue weighted by atomic mass is 16.5. The average molecular weight is 269 g/mol. The van der Waals surface area contributed by atoms with Crippen molar-refractivity contribution in [2.75, 3.05) is 39.3 Å². The lowest BCUT2D eigenvalue weighted by molar-refractivity contribution is -0.120. The molecule has 0 aromatic carbocycles. The maximum Gasteiger partial charge on any atom is 0.233 e. The quantitative estimate of drug-likeness (QED) is 0.655. The number of nitrogens with zero attached hydrogens (tertiary/aromatic N) is 1. The summed E-state index contributed by atoms with van der Waals surface area (Å²) in [6, 6.07) is 0.647. The summed E-state index contributed by atoms with van der Waals surface area (Å²) in [7, 11) is 0. The minimum absolute atomic E-state index is 0.0864. The number of hydrogen-bond acceptors (Lipinski definition) is 4. The van der Waals surface area contributed by atoms with Gasteiger partial charge < -0.3 is 15.4 Å². The van der Waals surface area contributed by atoms with E-state index >= 15 is 0 Å². The number of rotatable bonds is 7. The lowest BCUT2D eigenvalue weighted by Gasteiger charge is -2.35. The SMILES string of the molecule is CCCCNC(=O)CNCC1CN2CCCC2CO1. The molecule has 2 saturated heterocycles. The van der Waals surface area contributed by atoms with Crippen molar-refractivity contribution < 1.29 is 9.53 Å². The van der Waals surface area contributed by atoms with Crippen LogP contribution in [-0.2, 0) is 9.53 Å². The second kappa shape index (κ2) is 7.82. The lowest BCUT2D eigenvalue weighted by Crippen LogP contribution is -2.50. The van der Waals surface area contributed by atoms with Crippen molar-refractivity contribution in [1.82, 2.24) is 15.5 Å². The summed E-state index contributed by atoms with van der Waals surface area (Å²) in [4.78, 5) is 14.0. The number of carbonyl (C=O) groups excluding carboxylic acids is 1. The van der Waals surface area contributed by atoms with Crippen molar-refractivity contribution in [1.29, 1.82) is 0 Å². The molecule has 2 atom stereocenters. The summed E-state index contributed by atoms with van der Waals surface area (Å²) in [6.45, 7) is 7.15. The Labute approximate surface area is 116 Å². The molecule has 5 heteroatoms. The molecule has 0 aliphatic carbocycles. The molecule has 110 valence electrons. The molecule has 19 heavy (non-hydrogen) atoms. The Bertz CT molecular complexity index is 286. The minimum Gasteiger partial charge on any atom is -0.374 e. The molecule has 0 aromatic rings. The van der Waals surface area contributed by atoms with Crippen LogP contribution < -0.4 is 10.6 Å². The summed E-state index contributed by atoms with van der Waals surface area (Å²) in [5.41, 5.74) is 0. The normalized spacial score (nSPS) is 27.2. The Morgan fingerprint density at radius 3 is 3.21 bits per heavy atom. The predicted molar refractivity (Wildman–Crippen MR) is 75.1 cm³/mol. The molecule has 1 amide bonds. The van der Waals surface area contributed by atoms with Crippen molar-refractivity contribution in [3.8, 4) is 0 Å². The maximum absolute atomic E-state index is 11.5. The highest BCUT2D eigenvalue weighted by molar-refractivity contribution is 5.77.